The smallest absolute Gasteiger partial charge is 0.225 e. The second kappa shape index (κ2) is 8.22. The van der Waals surface area contributed by atoms with Gasteiger partial charge in [-0.05, 0) is 38.8 Å². The van der Waals surface area contributed by atoms with Crippen LogP contribution in [0.2, 0.25) is 0 Å². The minimum absolute atomic E-state index is 0.204. The first-order valence-corrected chi connectivity index (χ1v) is 9.66. The first-order chi connectivity index (χ1) is 11.3. The topological polar surface area (TPSA) is 45.7 Å². The zero-order chi connectivity index (χ0) is 16.1. The molecule has 2 aliphatic rings. The highest BCUT2D eigenvalue weighted by atomic mass is 32.1. The number of hydrogen-bond acceptors (Lipinski definition) is 5. The van der Waals surface area contributed by atoms with Crippen LogP contribution in [-0.2, 0) is 22.5 Å². The summed E-state index contributed by atoms with van der Waals surface area (Å²) in [4.78, 5) is 21.7. The molecule has 2 saturated heterocycles. The van der Waals surface area contributed by atoms with Gasteiger partial charge in [0.05, 0.1) is 23.9 Å². The number of rotatable bonds is 5. The van der Waals surface area contributed by atoms with Gasteiger partial charge in [0.2, 0.25) is 5.91 Å². The molecule has 2 aliphatic heterocycles. The van der Waals surface area contributed by atoms with E-state index in [1.165, 1.54) is 10.7 Å². The normalized spacial score (nSPS) is 20.8. The van der Waals surface area contributed by atoms with Crippen molar-refractivity contribution < 1.29 is 9.53 Å². The SMILES string of the molecule is CCCc1nc(CN2CCC(C(=O)N3CCOCC3)CC2)cs1. The third-order valence-electron chi connectivity index (χ3n) is 4.71. The summed E-state index contributed by atoms with van der Waals surface area (Å²) < 4.78 is 5.33. The van der Waals surface area contributed by atoms with Crippen molar-refractivity contribution in [3.63, 3.8) is 0 Å². The molecule has 3 heterocycles. The molecule has 6 heteroatoms. The van der Waals surface area contributed by atoms with Crippen LogP contribution in [0, 0.1) is 5.92 Å². The van der Waals surface area contributed by atoms with Crippen LogP contribution in [0.4, 0.5) is 0 Å². The van der Waals surface area contributed by atoms with Crippen molar-refractivity contribution in [3.8, 4) is 0 Å². The monoisotopic (exact) mass is 337 g/mol. The Morgan fingerprint density at radius 2 is 2.04 bits per heavy atom. The quantitative estimate of drug-likeness (QED) is 0.826. The van der Waals surface area contributed by atoms with Crippen molar-refractivity contribution in [1.82, 2.24) is 14.8 Å². The molecule has 1 aromatic rings. The molecule has 5 nitrogen and oxygen atoms in total. The molecule has 2 fully saturated rings. The highest BCUT2D eigenvalue weighted by Gasteiger charge is 2.29. The van der Waals surface area contributed by atoms with Crippen LogP contribution >= 0.6 is 11.3 Å². The maximum Gasteiger partial charge on any atom is 0.225 e. The van der Waals surface area contributed by atoms with Gasteiger partial charge in [-0.25, -0.2) is 4.98 Å². The van der Waals surface area contributed by atoms with Gasteiger partial charge in [-0.2, -0.15) is 0 Å². The molecule has 0 bridgehead atoms. The molecule has 0 aromatic carbocycles. The predicted molar refractivity (Wildman–Crippen MR) is 91.5 cm³/mol. The Bertz CT molecular complexity index is 506. The molecule has 128 valence electrons. The summed E-state index contributed by atoms with van der Waals surface area (Å²) in [7, 11) is 0. The highest BCUT2D eigenvalue weighted by molar-refractivity contribution is 7.09. The molecular weight excluding hydrogens is 310 g/mol. The van der Waals surface area contributed by atoms with Gasteiger partial charge >= 0.3 is 0 Å². The molecular formula is C17H27N3O2S. The number of carbonyl (C=O) groups is 1. The minimum Gasteiger partial charge on any atom is -0.378 e. The van der Waals surface area contributed by atoms with Crippen LogP contribution in [0.1, 0.15) is 36.9 Å². The van der Waals surface area contributed by atoms with Gasteiger partial charge in [0.1, 0.15) is 0 Å². The molecule has 0 unspecified atom stereocenters. The summed E-state index contributed by atoms with van der Waals surface area (Å²) in [6, 6.07) is 0. The third kappa shape index (κ3) is 4.52. The van der Waals surface area contributed by atoms with E-state index < -0.39 is 0 Å². The number of likely N-dealkylation sites (tertiary alicyclic amines) is 1. The van der Waals surface area contributed by atoms with Crippen LogP contribution in [-0.4, -0.2) is 60.1 Å². The fourth-order valence-electron chi connectivity index (χ4n) is 3.36. The molecule has 0 saturated carbocycles. The fourth-order valence-corrected chi connectivity index (χ4v) is 4.25. The average molecular weight is 337 g/mol. The van der Waals surface area contributed by atoms with Crippen LogP contribution in [0.15, 0.2) is 5.38 Å². The minimum atomic E-state index is 0.204. The van der Waals surface area contributed by atoms with E-state index in [2.05, 4.69) is 17.2 Å². The fraction of sp³-hybridized carbons (Fsp3) is 0.765. The van der Waals surface area contributed by atoms with Crippen molar-refractivity contribution in [1.29, 1.82) is 0 Å². The molecule has 3 rings (SSSR count). The van der Waals surface area contributed by atoms with Gasteiger partial charge in [0, 0.05) is 30.9 Å². The van der Waals surface area contributed by atoms with Crippen molar-refractivity contribution >= 4 is 17.2 Å². The first-order valence-electron chi connectivity index (χ1n) is 8.78. The summed E-state index contributed by atoms with van der Waals surface area (Å²) in [5.41, 5.74) is 1.19. The largest absolute Gasteiger partial charge is 0.378 e. The molecule has 23 heavy (non-hydrogen) atoms. The van der Waals surface area contributed by atoms with Crippen molar-refractivity contribution in [2.24, 2.45) is 5.92 Å². The van der Waals surface area contributed by atoms with E-state index in [1.54, 1.807) is 11.3 Å². The van der Waals surface area contributed by atoms with Gasteiger partial charge in [0.15, 0.2) is 0 Å². The Kier molecular flexibility index (Phi) is 6.02. The number of morpholine rings is 1. The van der Waals surface area contributed by atoms with E-state index in [0.717, 1.165) is 58.4 Å². The van der Waals surface area contributed by atoms with E-state index in [9.17, 15) is 4.79 Å². The van der Waals surface area contributed by atoms with Gasteiger partial charge < -0.3 is 9.64 Å². The highest BCUT2D eigenvalue weighted by Crippen LogP contribution is 2.22. The predicted octanol–water partition coefficient (Wildman–Crippen LogP) is 2.17. The lowest BCUT2D eigenvalue weighted by Crippen LogP contribution is -2.46. The Labute approximate surface area is 142 Å². The summed E-state index contributed by atoms with van der Waals surface area (Å²) in [6.45, 7) is 8.03. The van der Waals surface area contributed by atoms with E-state index in [1.807, 2.05) is 4.90 Å². The average Bonchev–Trinajstić information content (AvgIpc) is 3.03. The number of hydrogen-bond donors (Lipinski definition) is 0. The summed E-state index contributed by atoms with van der Waals surface area (Å²) in [6.07, 6.45) is 4.19. The zero-order valence-corrected chi connectivity index (χ0v) is 14.8. The molecule has 0 atom stereocenters. The van der Waals surface area contributed by atoms with Crippen LogP contribution in [0.25, 0.3) is 0 Å². The number of aromatic nitrogens is 1. The maximum absolute atomic E-state index is 12.5. The number of piperidine rings is 1. The standard InChI is InChI=1S/C17H27N3O2S/c1-2-3-16-18-15(13-23-16)12-19-6-4-14(5-7-19)17(21)20-8-10-22-11-9-20/h13-14H,2-12H2,1H3. The van der Waals surface area contributed by atoms with Gasteiger partial charge in [-0.15, -0.1) is 11.3 Å². The lowest BCUT2D eigenvalue weighted by Gasteiger charge is -2.35. The molecule has 0 aliphatic carbocycles. The lowest BCUT2D eigenvalue weighted by molar-refractivity contribution is -0.141. The molecule has 0 radical (unpaired) electrons. The second-order valence-electron chi connectivity index (χ2n) is 6.47. The number of carbonyl (C=O) groups excluding carboxylic acids is 1. The Morgan fingerprint density at radius 3 is 2.74 bits per heavy atom. The lowest BCUT2D eigenvalue weighted by atomic mass is 9.95. The summed E-state index contributed by atoms with van der Waals surface area (Å²) >= 11 is 1.78. The Balaban J connectivity index is 1.45. The van der Waals surface area contributed by atoms with Gasteiger partial charge in [-0.1, -0.05) is 6.92 Å². The number of ether oxygens (including phenoxy) is 1. The molecule has 0 N–H and O–H groups in total. The molecule has 1 aromatic heterocycles. The summed E-state index contributed by atoms with van der Waals surface area (Å²) in [5.74, 6) is 0.544. The third-order valence-corrected chi connectivity index (χ3v) is 5.67. The Morgan fingerprint density at radius 1 is 1.30 bits per heavy atom. The van der Waals surface area contributed by atoms with Crippen molar-refractivity contribution in [3.05, 3.63) is 16.1 Å². The van der Waals surface area contributed by atoms with E-state index >= 15 is 0 Å². The zero-order valence-electron chi connectivity index (χ0n) is 14.0. The number of amides is 1. The van der Waals surface area contributed by atoms with Gasteiger partial charge in [-0.3, -0.25) is 9.69 Å². The van der Waals surface area contributed by atoms with Crippen LogP contribution in [0.3, 0.4) is 0 Å². The Hall–Kier alpha value is -0.980. The number of thiazole rings is 1. The van der Waals surface area contributed by atoms with Crippen molar-refractivity contribution in [2.45, 2.75) is 39.2 Å². The van der Waals surface area contributed by atoms with Crippen LogP contribution < -0.4 is 0 Å². The van der Waals surface area contributed by atoms with Crippen molar-refractivity contribution in [2.75, 3.05) is 39.4 Å². The molecule has 0 spiro atoms. The second-order valence-corrected chi connectivity index (χ2v) is 7.41. The van der Waals surface area contributed by atoms with E-state index in [0.29, 0.717) is 19.1 Å². The van der Waals surface area contributed by atoms with E-state index in [4.69, 9.17) is 9.72 Å². The maximum atomic E-state index is 12.5. The first kappa shape index (κ1) is 16.9. The summed E-state index contributed by atoms with van der Waals surface area (Å²) in [5, 5.41) is 3.44. The van der Waals surface area contributed by atoms with E-state index in [-0.39, 0.29) is 5.92 Å². The van der Waals surface area contributed by atoms with Crippen LogP contribution in [0.5, 0.6) is 0 Å². The van der Waals surface area contributed by atoms with Gasteiger partial charge in [0.25, 0.3) is 0 Å². The number of aryl methyl sites for hydroxylation is 1. The molecule has 1 amide bonds. The number of nitrogens with zero attached hydrogens (tertiary/aromatic N) is 3.